The van der Waals surface area contributed by atoms with Gasteiger partial charge in [0.05, 0.1) is 25.0 Å². The number of nitrogens with one attached hydrogen (secondary N) is 1. The molecule has 3 rings (SSSR count). The normalized spacial score (nSPS) is 10.6. The Morgan fingerprint density at radius 3 is 2.55 bits per heavy atom. The second kappa shape index (κ2) is 9.71. The van der Waals surface area contributed by atoms with Gasteiger partial charge in [0.2, 0.25) is 0 Å². The maximum atomic E-state index is 12.4. The number of aromatic nitrogens is 3. The molecule has 0 bridgehead atoms. The minimum atomic E-state index is -0.204. The number of hydrogen-bond donors (Lipinski definition) is 1. The third kappa shape index (κ3) is 5.24. The Hall–Kier alpha value is -2.65. The molecule has 0 radical (unpaired) electrons. The van der Waals surface area contributed by atoms with Crippen LogP contribution in [0.15, 0.2) is 58.2 Å². The van der Waals surface area contributed by atoms with E-state index in [1.165, 1.54) is 11.8 Å². The molecular formula is C20H19BrN4O3S. The third-order valence-corrected chi connectivity index (χ3v) is 5.91. The summed E-state index contributed by atoms with van der Waals surface area (Å²) in [6.45, 7) is 0.233. The van der Waals surface area contributed by atoms with Gasteiger partial charge in [-0.3, -0.25) is 9.59 Å². The number of hydrogen-bond acceptors (Lipinski definition) is 6. The lowest BCUT2D eigenvalue weighted by atomic mass is 10.1. The lowest BCUT2D eigenvalue weighted by molar-refractivity contribution is 0.0948. The molecule has 0 fully saturated rings. The molecule has 2 aromatic carbocycles. The molecule has 0 atom stereocenters. The number of ketones is 1. The van der Waals surface area contributed by atoms with Crippen LogP contribution in [-0.4, -0.2) is 39.3 Å². The number of amides is 1. The van der Waals surface area contributed by atoms with Crippen molar-refractivity contribution >= 4 is 39.4 Å². The first-order chi connectivity index (χ1) is 14.0. The highest BCUT2D eigenvalue weighted by Crippen LogP contribution is 2.19. The Morgan fingerprint density at radius 1 is 1.14 bits per heavy atom. The summed E-state index contributed by atoms with van der Waals surface area (Å²) in [4.78, 5) is 24.7. The topological polar surface area (TPSA) is 86.1 Å². The fraction of sp³-hybridized carbons (Fsp3) is 0.200. The Balaban J connectivity index is 1.57. The molecule has 0 unspecified atom stereocenters. The number of thioether (sulfide) groups is 1. The van der Waals surface area contributed by atoms with E-state index in [0.717, 1.165) is 4.47 Å². The summed E-state index contributed by atoms with van der Waals surface area (Å²) in [5.41, 5.74) is 1.16. The van der Waals surface area contributed by atoms with E-state index in [-0.39, 0.29) is 24.0 Å². The Bertz CT molecular complexity index is 1020. The third-order valence-electron chi connectivity index (χ3n) is 4.19. The Kier molecular flexibility index (Phi) is 7.05. The zero-order chi connectivity index (χ0) is 20.8. The summed E-state index contributed by atoms with van der Waals surface area (Å²) in [5.74, 6) is 1.33. The molecule has 0 aliphatic carbocycles. The van der Waals surface area contributed by atoms with Crippen LogP contribution in [0.3, 0.4) is 0 Å². The number of carbonyl (C=O) groups is 2. The highest BCUT2D eigenvalue weighted by atomic mass is 79.9. The van der Waals surface area contributed by atoms with E-state index in [4.69, 9.17) is 4.74 Å². The van der Waals surface area contributed by atoms with Crippen molar-refractivity contribution in [2.24, 2.45) is 7.05 Å². The molecule has 9 heteroatoms. The van der Waals surface area contributed by atoms with E-state index in [0.29, 0.717) is 27.9 Å². The van der Waals surface area contributed by atoms with E-state index in [2.05, 4.69) is 31.4 Å². The van der Waals surface area contributed by atoms with E-state index in [9.17, 15) is 9.59 Å². The van der Waals surface area contributed by atoms with Gasteiger partial charge in [0, 0.05) is 17.1 Å². The molecule has 1 aromatic heterocycles. The van der Waals surface area contributed by atoms with Gasteiger partial charge >= 0.3 is 0 Å². The molecule has 3 aromatic rings. The van der Waals surface area contributed by atoms with E-state index < -0.39 is 0 Å². The molecule has 29 heavy (non-hydrogen) atoms. The molecule has 150 valence electrons. The first kappa shape index (κ1) is 21.1. The van der Waals surface area contributed by atoms with E-state index in [1.807, 2.05) is 12.1 Å². The van der Waals surface area contributed by atoms with Crippen LogP contribution in [0.1, 0.15) is 26.5 Å². The molecule has 0 aliphatic heterocycles. The van der Waals surface area contributed by atoms with Crippen molar-refractivity contribution in [3.05, 3.63) is 70.0 Å². The van der Waals surface area contributed by atoms with Crippen LogP contribution >= 0.6 is 27.7 Å². The van der Waals surface area contributed by atoms with Gasteiger partial charge < -0.3 is 14.6 Å². The number of carbonyl (C=O) groups excluding carboxylic acids is 2. The van der Waals surface area contributed by atoms with Crippen molar-refractivity contribution in [2.45, 2.75) is 11.7 Å². The molecule has 1 N–H and O–H groups in total. The van der Waals surface area contributed by atoms with Gasteiger partial charge in [-0.2, -0.15) is 0 Å². The Labute approximate surface area is 181 Å². The van der Waals surface area contributed by atoms with E-state index in [1.54, 1.807) is 55.1 Å². The largest absolute Gasteiger partial charge is 0.497 e. The minimum absolute atomic E-state index is 0.00978. The van der Waals surface area contributed by atoms with Crippen molar-refractivity contribution in [1.82, 2.24) is 20.1 Å². The first-order valence-corrected chi connectivity index (χ1v) is 10.5. The fourth-order valence-corrected chi connectivity index (χ4v) is 3.80. The number of benzene rings is 2. The van der Waals surface area contributed by atoms with Gasteiger partial charge in [-0.1, -0.05) is 23.9 Å². The number of nitrogens with zero attached hydrogens (tertiary/aromatic N) is 3. The van der Waals surface area contributed by atoms with Gasteiger partial charge in [0.1, 0.15) is 5.75 Å². The van der Waals surface area contributed by atoms with Crippen molar-refractivity contribution in [3.8, 4) is 5.75 Å². The standard InChI is InChI=1S/C20H19BrN4O3S/c1-25-18(11-22-19(27)15-5-3-4-6-16(15)21)23-24-20(25)29-12-17(26)13-7-9-14(28-2)10-8-13/h3-10H,11-12H2,1-2H3,(H,22,27). The van der Waals surface area contributed by atoms with Crippen LogP contribution < -0.4 is 10.1 Å². The lowest BCUT2D eigenvalue weighted by Crippen LogP contribution is -2.24. The van der Waals surface area contributed by atoms with Gasteiger partial charge in [-0.15, -0.1) is 10.2 Å². The average molecular weight is 475 g/mol. The smallest absolute Gasteiger partial charge is 0.252 e. The summed E-state index contributed by atoms with van der Waals surface area (Å²) in [5, 5.41) is 11.7. The predicted molar refractivity (Wildman–Crippen MR) is 114 cm³/mol. The number of Topliss-reactive ketones (excluding diaryl/α,β-unsaturated/α-hetero) is 1. The molecule has 0 saturated carbocycles. The lowest BCUT2D eigenvalue weighted by Gasteiger charge is -2.07. The first-order valence-electron chi connectivity index (χ1n) is 8.70. The quantitative estimate of drug-likeness (QED) is 0.397. The second-order valence-electron chi connectivity index (χ2n) is 6.06. The van der Waals surface area contributed by atoms with Crippen molar-refractivity contribution < 1.29 is 14.3 Å². The van der Waals surface area contributed by atoms with Crippen molar-refractivity contribution in [2.75, 3.05) is 12.9 Å². The summed E-state index contributed by atoms with van der Waals surface area (Å²) in [6.07, 6.45) is 0. The number of halogens is 1. The SMILES string of the molecule is COc1ccc(C(=O)CSc2nnc(CNC(=O)c3ccccc3Br)n2C)cc1. The molecule has 0 aliphatic rings. The minimum Gasteiger partial charge on any atom is -0.497 e. The van der Waals surface area contributed by atoms with E-state index >= 15 is 0 Å². The molecule has 0 spiro atoms. The van der Waals surface area contributed by atoms with Gasteiger partial charge in [-0.25, -0.2) is 0 Å². The molecule has 0 saturated heterocycles. The monoisotopic (exact) mass is 474 g/mol. The maximum absolute atomic E-state index is 12.4. The number of rotatable bonds is 8. The summed E-state index contributed by atoms with van der Waals surface area (Å²) >= 11 is 4.67. The second-order valence-corrected chi connectivity index (χ2v) is 7.86. The van der Waals surface area contributed by atoms with Crippen LogP contribution in [-0.2, 0) is 13.6 Å². The fourth-order valence-electron chi connectivity index (χ4n) is 2.51. The highest BCUT2D eigenvalue weighted by molar-refractivity contribution is 9.10. The zero-order valence-corrected chi connectivity index (χ0v) is 18.3. The summed E-state index contributed by atoms with van der Waals surface area (Å²) in [7, 11) is 3.39. The van der Waals surface area contributed by atoms with Gasteiger partial charge in [-0.05, 0) is 52.3 Å². The molecule has 7 nitrogen and oxygen atoms in total. The molecule has 1 amide bonds. The van der Waals surface area contributed by atoms with Crippen LogP contribution in [0.4, 0.5) is 0 Å². The zero-order valence-electron chi connectivity index (χ0n) is 15.9. The van der Waals surface area contributed by atoms with Crippen LogP contribution in [0, 0.1) is 0 Å². The summed E-state index contributed by atoms with van der Waals surface area (Å²) in [6, 6.07) is 14.2. The number of ether oxygens (including phenoxy) is 1. The van der Waals surface area contributed by atoms with Gasteiger partial charge in [0.15, 0.2) is 16.8 Å². The maximum Gasteiger partial charge on any atom is 0.252 e. The van der Waals surface area contributed by atoms with Crippen LogP contribution in [0.5, 0.6) is 5.75 Å². The summed E-state index contributed by atoms with van der Waals surface area (Å²) < 4.78 is 7.60. The van der Waals surface area contributed by atoms with Crippen LogP contribution in [0.25, 0.3) is 0 Å². The van der Waals surface area contributed by atoms with Crippen molar-refractivity contribution in [1.29, 1.82) is 0 Å². The Morgan fingerprint density at radius 2 is 1.86 bits per heavy atom. The van der Waals surface area contributed by atoms with Gasteiger partial charge in [0.25, 0.3) is 5.91 Å². The average Bonchev–Trinajstić information content (AvgIpc) is 3.10. The van der Waals surface area contributed by atoms with Crippen LogP contribution in [0.2, 0.25) is 0 Å². The number of methoxy groups -OCH3 is 1. The highest BCUT2D eigenvalue weighted by Gasteiger charge is 2.15. The molecule has 1 heterocycles. The predicted octanol–water partition coefficient (Wildman–Crippen LogP) is 3.49. The molecular weight excluding hydrogens is 456 g/mol. The van der Waals surface area contributed by atoms with Crippen molar-refractivity contribution in [3.63, 3.8) is 0 Å².